The summed E-state index contributed by atoms with van der Waals surface area (Å²) in [6, 6.07) is 0. The first-order valence-electron chi connectivity index (χ1n) is 8.44. The number of cyclic esters (lactones) is 2. The number of fused-ring (bicyclic) bond motifs is 1. The van der Waals surface area contributed by atoms with Gasteiger partial charge in [0.1, 0.15) is 25.4 Å². The van der Waals surface area contributed by atoms with Crippen molar-refractivity contribution in [2.45, 2.75) is 31.7 Å². The third-order valence-corrected chi connectivity index (χ3v) is 5.47. The third-order valence-electron chi connectivity index (χ3n) is 5.47. The molecular weight excluding hydrogens is 348 g/mol. The maximum Gasteiger partial charge on any atom is 0.508 e. The van der Waals surface area contributed by atoms with E-state index < -0.39 is 54.2 Å². The predicted octanol–water partition coefficient (Wildman–Crippen LogP) is 0.360. The van der Waals surface area contributed by atoms with Gasteiger partial charge in [0.2, 0.25) is 0 Å². The largest absolute Gasteiger partial charge is 0.508 e. The molecule has 2 bridgehead atoms. The van der Waals surface area contributed by atoms with Crippen molar-refractivity contribution in [2.75, 3.05) is 13.2 Å². The molecule has 0 aromatic carbocycles. The number of hydrogen-bond acceptors (Lipinski definition) is 9. The topological polar surface area (TPSA) is 114 Å². The molecule has 26 heavy (non-hydrogen) atoms. The maximum absolute atomic E-state index is 12.6. The van der Waals surface area contributed by atoms with Gasteiger partial charge in [-0.3, -0.25) is 9.59 Å². The van der Waals surface area contributed by atoms with Crippen LogP contribution in [0.1, 0.15) is 13.3 Å². The van der Waals surface area contributed by atoms with Crippen molar-refractivity contribution in [3.8, 4) is 0 Å². The second kappa shape index (κ2) is 6.00. The Kier molecular flexibility index (Phi) is 3.89. The van der Waals surface area contributed by atoms with E-state index in [-0.39, 0.29) is 30.6 Å². The van der Waals surface area contributed by atoms with E-state index in [0.717, 1.165) is 0 Å². The summed E-state index contributed by atoms with van der Waals surface area (Å²) in [6.45, 7) is 4.92. The fourth-order valence-corrected chi connectivity index (χ4v) is 4.41. The lowest BCUT2D eigenvalue weighted by molar-refractivity contribution is -0.163. The molecule has 4 aliphatic rings. The fourth-order valence-electron chi connectivity index (χ4n) is 4.41. The molecule has 2 aliphatic carbocycles. The van der Waals surface area contributed by atoms with E-state index in [4.69, 9.17) is 18.9 Å². The molecule has 7 atom stereocenters. The van der Waals surface area contributed by atoms with Gasteiger partial charge in [0.25, 0.3) is 0 Å². The molecule has 0 radical (unpaired) electrons. The SMILES string of the molecule is C=C(C)C(=O)OC1C2CC3C1OC(=O)C3C2C(=O)OCC1COC(=O)O1. The molecule has 7 unspecified atom stereocenters. The summed E-state index contributed by atoms with van der Waals surface area (Å²) >= 11 is 0. The highest BCUT2D eigenvalue weighted by molar-refractivity contribution is 5.88. The smallest absolute Gasteiger partial charge is 0.461 e. The summed E-state index contributed by atoms with van der Waals surface area (Å²) in [5.41, 5.74) is 0.232. The maximum atomic E-state index is 12.6. The Balaban J connectivity index is 1.46. The van der Waals surface area contributed by atoms with Gasteiger partial charge in [-0.25, -0.2) is 9.59 Å². The average Bonchev–Trinajstić information content (AvgIpc) is 3.30. The van der Waals surface area contributed by atoms with Crippen molar-refractivity contribution >= 4 is 24.1 Å². The zero-order valence-electron chi connectivity index (χ0n) is 14.0. The summed E-state index contributed by atoms with van der Waals surface area (Å²) in [4.78, 5) is 47.6. The zero-order valence-corrected chi connectivity index (χ0v) is 14.0. The van der Waals surface area contributed by atoms with Crippen molar-refractivity contribution in [1.29, 1.82) is 0 Å². The van der Waals surface area contributed by atoms with E-state index in [1.807, 2.05) is 0 Å². The molecule has 9 nitrogen and oxygen atoms in total. The molecule has 0 spiro atoms. The van der Waals surface area contributed by atoms with Crippen LogP contribution in [0.3, 0.4) is 0 Å². The van der Waals surface area contributed by atoms with E-state index in [2.05, 4.69) is 11.3 Å². The van der Waals surface area contributed by atoms with Crippen molar-refractivity contribution in [1.82, 2.24) is 0 Å². The highest BCUT2D eigenvalue weighted by atomic mass is 16.8. The second-order valence-corrected chi connectivity index (χ2v) is 7.10. The Morgan fingerprint density at radius 3 is 2.65 bits per heavy atom. The van der Waals surface area contributed by atoms with Crippen LogP contribution in [0.4, 0.5) is 4.79 Å². The van der Waals surface area contributed by atoms with Gasteiger partial charge < -0.3 is 23.7 Å². The van der Waals surface area contributed by atoms with Crippen molar-refractivity contribution in [3.63, 3.8) is 0 Å². The van der Waals surface area contributed by atoms with Crippen molar-refractivity contribution < 1.29 is 42.9 Å². The molecule has 0 aromatic rings. The van der Waals surface area contributed by atoms with Crippen LogP contribution >= 0.6 is 0 Å². The molecule has 0 aromatic heterocycles. The van der Waals surface area contributed by atoms with E-state index in [9.17, 15) is 19.2 Å². The van der Waals surface area contributed by atoms with Gasteiger partial charge >= 0.3 is 24.1 Å². The number of ether oxygens (including phenoxy) is 5. The summed E-state index contributed by atoms with van der Waals surface area (Å²) in [5, 5.41) is 0. The van der Waals surface area contributed by atoms with Crippen LogP contribution < -0.4 is 0 Å². The zero-order chi connectivity index (χ0) is 18.6. The quantitative estimate of drug-likeness (QED) is 0.386. The predicted molar refractivity (Wildman–Crippen MR) is 80.3 cm³/mol. The molecular formula is C17H18O9. The van der Waals surface area contributed by atoms with Gasteiger partial charge in [0.05, 0.1) is 11.8 Å². The van der Waals surface area contributed by atoms with Crippen LogP contribution in [-0.2, 0) is 38.1 Å². The number of hydrogen-bond donors (Lipinski definition) is 0. The fraction of sp³-hybridized carbons (Fsp3) is 0.647. The van der Waals surface area contributed by atoms with Crippen LogP contribution in [0.15, 0.2) is 12.2 Å². The summed E-state index contributed by atoms with van der Waals surface area (Å²) in [7, 11) is 0. The normalized spacial score (nSPS) is 39.2. The van der Waals surface area contributed by atoms with Gasteiger partial charge in [-0.2, -0.15) is 0 Å². The molecule has 2 saturated carbocycles. The summed E-state index contributed by atoms with van der Waals surface area (Å²) in [6.07, 6.45) is -2.12. The highest BCUT2D eigenvalue weighted by Crippen LogP contribution is 2.59. The van der Waals surface area contributed by atoms with E-state index >= 15 is 0 Å². The molecule has 2 aliphatic heterocycles. The minimum Gasteiger partial charge on any atom is -0.461 e. The van der Waals surface area contributed by atoms with Crippen molar-refractivity contribution in [3.05, 3.63) is 12.2 Å². The first-order chi connectivity index (χ1) is 12.4. The lowest BCUT2D eigenvalue weighted by Crippen LogP contribution is -2.44. The van der Waals surface area contributed by atoms with Gasteiger partial charge in [0.15, 0.2) is 6.10 Å². The van der Waals surface area contributed by atoms with Gasteiger partial charge in [-0.1, -0.05) is 6.58 Å². The Bertz CT molecular complexity index is 698. The van der Waals surface area contributed by atoms with Crippen LogP contribution in [0, 0.1) is 23.7 Å². The number of carbonyl (C=O) groups excluding carboxylic acids is 4. The van der Waals surface area contributed by atoms with Gasteiger partial charge in [0, 0.05) is 17.4 Å². The number of rotatable bonds is 5. The highest BCUT2D eigenvalue weighted by Gasteiger charge is 2.70. The molecule has 4 fully saturated rings. The lowest BCUT2D eigenvalue weighted by Gasteiger charge is -2.30. The summed E-state index contributed by atoms with van der Waals surface area (Å²) in [5.74, 6) is -3.47. The summed E-state index contributed by atoms with van der Waals surface area (Å²) < 4.78 is 25.5. The Morgan fingerprint density at radius 1 is 1.23 bits per heavy atom. The van der Waals surface area contributed by atoms with E-state index in [0.29, 0.717) is 6.42 Å². The lowest BCUT2D eigenvalue weighted by atomic mass is 9.78. The van der Waals surface area contributed by atoms with Crippen LogP contribution in [0.5, 0.6) is 0 Å². The standard InChI is InChI=1S/C17H18O9/c1-6(2)14(18)25-12-8-3-9-11(16(20)26-13(9)12)10(8)15(19)22-4-7-5-23-17(21)24-7/h7-13H,1,3-5H2,2H3. The molecule has 9 heteroatoms. The van der Waals surface area contributed by atoms with Crippen molar-refractivity contribution in [2.24, 2.45) is 23.7 Å². The number of carbonyl (C=O) groups is 4. The minimum atomic E-state index is -0.806. The van der Waals surface area contributed by atoms with Crippen LogP contribution in [0.2, 0.25) is 0 Å². The molecule has 0 N–H and O–H groups in total. The monoisotopic (exact) mass is 366 g/mol. The molecule has 2 heterocycles. The first kappa shape index (κ1) is 16.9. The Labute approximate surface area is 148 Å². The van der Waals surface area contributed by atoms with Gasteiger partial charge in [-0.05, 0) is 13.3 Å². The Hall–Kier alpha value is -2.58. The number of esters is 3. The molecule has 4 rings (SSSR count). The van der Waals surface area contributed by atoms with Crippen LogP contribution in [-0.4, -0.2) is 55.6 Å². The van der Waals surface area contributed by atoms with E-state index in [1.165, 1.54) is 6.92 Å². The molecule has 140 valence electrons. The van der Waals surface area contributed by atoms with Gasteiger partial charge in [-0.15, -0.1) is 0 Å². The van der Waals surface area contributed by atoms with Crippen LogP contribution in [0.25, 0.3) is 0 Å². The second-order valence-electron chi connectivity index (χ2n) is 7.10. The minimum absolute atomic E-state index is 0.00915. The average molecular weight is 366 g/mol. The Morgan fingerprint density at radius 2 is 2.00 bits per heavy atom. The molecule has 0 amide bonds. The first-order valence-corrected chi connectivity index (χ1v) is 8.44. The third kappa shape index (κ3) is 2.53. The molecule has 2 saturated heterocycles. The van der Waals surface area contributed by atoms with E-state index in [1.54, 1.807) is 0 Å².